The van der Waals surface area contributed by atoms with Gasteiger partial charge in [0, 0.05) is 11.6 Å². The van der Waals surface area contributed by atoms with Crippen LogP contribution in [-0.4, -0.2) is 43.6 Å². The molecule has 1 aromatic carbocycles. The van der Waals surface area contributed by atoms with Gasteiger partial charge in [0.05, 0.1) is 24.8 Å². The molecule has 0 saturated carbocycles. The van der Waals surface area contributed by atoms with Crippen LogP contribution in [0.15, 0.2) is 70.4 Å². The molecule has 0 heterocycles. The van der Waals surface area contributed by atoms with Gasteiger partial charge in [0.2, 0.25) is 0 Å². The van der Waals surface area contributed by atoms with Crippen molar-refractivity contribution in [1.82, 2.24) is 0 Å². The van der Waals surface area contributed by atoms with Gasteiger partial charge in [-0.1, -0.05) is 31.1 Å². The van der Waals surface area contributed by atoms with Crippen molar-refractivity contribution in [2.75, 3.05) is 13.2 Å². The summed E-state index contributed by atoms with van der Waals surface area (Å²) in [5.41, 5.74) is 2.44. The molecule has 1 unspecified atom stereocenters. The SMILES string of the molecule is C#CC(/C=N/N=C/c1ccc(OC(=O)C(C)CC(=O)OCCOC(=O)C=C)cc1)=C\C=C(C)C. The van der Waals surface area contributed by atoms with Crippen molar-refractivity contribution >= 4 is 30.3 Å². The topological polar surface area (TPSA) is 104 Å². The fourth-order valence-corrected chi connectivity index (χ4v) is 2.17. The number of benzene rings is 1. The van der Waals surface area contributed by atoms with Crippen LogP contribution in [0.5, 0.6) is 5.75 Å². The zero-order valence-corrected chi connectivity index (χ0v) is 19.5. The van der Waals surface area contributed by atoms with Crippen molar-refractivity contribution in [2.24, 2.45) is 16.1 Å². The lowest BCUT2D eigenvalue weighted by atomic mass is 10.1. The third-order valence-electron chi connectivity index (χ3n) is 3.96. The Kier molecular flexibility index (Phi) is 12.7. The van der Waals surface area contributed by atoms with Gasteiger partial charge >= 0.3 is 17.9 Å². The van der Waals surface area contributed by atoms with Crippen LogP contribution in [0, 0.1) is 18.3 Å². The fraction of sp³-hybridized carbons (Fsp3) is 0.269. The molecule has 0 aliphatic carbocycles. The molecule has 8 heteroatoms. The van der Waals surface area contributed by atoms with Gasteiger partial charge in [-0.3, -0.25) is 9.59 Å². The van der Waals surface area contributed by atoms with Crippen molar-refractivity contribution in [3.8, 4) is 18.1 Å². The van der Waals surface area contributed by atoms with Crippen LogP contribution in [0.2, 0.25) is 0 Å². The van der Waals surface area contributed by atoms with Gasteiger partial charge in [0.1, 0.15) is 19.0 Å². The van der Waals surface area contributed by atoms with E-state index in [1.54, 1.807) is 37.3 Å². The largest absolute Gasteiger partial charge is 0.462 e. The van der Waals surface area contributed by atoms with Crippen molar-refractivity contribution in [3.63, 3.8) is 0 Å². The average molecular weight is 465 g/mol. The maximum absolute atomic E-state index is 12.2. The normalized spacial score (nSPS) is 12.0. The van der Waals surface area contributed by atoms with Crippen molar-refractivity contribution < 1.29 is 28.6 Å². The maximum atomic E-state index is 12.2. The van der Waals surface area contributed by atoms with Gasteiger partial charge < -0.3 is 14.2 Å². The van der Waals surface area contributed by atoms with Crippen LogP contribution in [0.3, 0.4) is 0 Å². The van der Waals surface area contributed by atoms with Gasteiger partial charge in [0.15, 0.2) is 0 Å². The quantitative estimate of drug-likeness (QED) is 0.0681. The first-order valence-electron chi connectivity index (χ1n) is 10.4. The standard InChI is InChI=1S/C26H28N2O6/c1-6-21(9-8-19(3)4)17-27-28-18-22-10-12-23(13-11-22)34-26(31)20(5)16-25(30)33-15-14-32-24(29)7-2/h1,7-13,17-18,20H,2,14-16H2,3-5H3/b21-9+,27-17+,28-18+. The molecule has 8 nitrogen and oxygen atoms in total. The number of esters is 3. The van der Waals surface area contributed by atoms with Crippen LogP contribution in [0.1, 0.15) is 32.8 Å². The Bertz CT molecular complexity index is 1020. The number of carbonyl (C=O) groups is 3. The third-order valence-corrected chi connectivity index (χ3v) is 3.96. The second-order valence-corrected chi connectivity index (χ2v) is 7.19. The first kappa shape index (κ1) is 27.8. The summed E-state index contributed by atoms with van der Waals surface area (Å²) >= 11 is 0. The van der Waals surface area contributed by atoms with E-state index in [2.05, 4.69) is 22.7 Å². The van der Waals surface area contributed by atoms with Gasteiger partial charge in [-0.05, 0) is 49.8 Å². The van der Waals surface area contributed by atoms with Gasteiger partial charge in [0.25, 0.3) is 0 Å². The number of rotatable bonds is 12. The second kappa shape index (κ2) is 15.5. The number of nitrogens with zero attached hydrogens (tertiary/aromatic N) is 2. The van der Waals surface area contributed by atoms with Crippen LogP contribution in [0.25, 0.3) is 0 Å². The molecule has 1 atom stereocenters. The van der Waals surface area contributed by atoms with E-state index in [0.717, 1.165) is 17.2 Å². The fourth-order valence-electron chi connectivity index (χ4n) is 2.17. The lowest BCUT2D eigenvalue weighted by Gasteiger charge is -2.11. The Labute approximate surface area is 199 Å². The Hall–Kier alpha value is -4.25. The Balaban J connectivity index is 2.50. The van der Waals surface area contributed by atoms with E-state index in [4.69, 9.17) is 20.6 Å². The van der Waals surface area contributed by atoms with Gasteiger partial charge in [-0.25, -0.2) is 4.79 Å². The molecule has 0 amide bonds. The zero-order chi connectivity index (χ0) is 25.3. The van der Waals surface area contributed by atoms with E-state index >= 15 is 0 Å². The summed E-state index contributed by atoms with van der Waals surface area (Å²) < 4.78 is 14.9. The van der Waals surface area contributed by atoms with Crippen LogP contribution >= 0.6 is 0 Å². The van der Waals surface area contributed by atoms with E-state index < -0.39 is 23.8 Å². The van der Waals surface area contributed by atoms with E-state index in [9.17, 15) is 14.4 Å². The lowest BCUT2D eigenvalue weighted by Crippen LogP contribution is -2.22. The van der Waals surface area contributed by atoms with Crippen molar-refractivity contribution in [3.05, 3.63) is 65.8 Å². The lowest BCUT2D eigenvalue weighted by molar-refractivity contribution is -0.153. The zero-order valence-electron chi connectivity index (χ0n) is 19.5. The van der Waals surface area contributed by atoms with Crippen LogP contribution in [-0.2, 0) is 23.9 Å². The van der Waals surface area contributed by atoms with E-state index in [-0.39, 0.29) is 19.6 Å². The minimum atomic E-state index is -0.719. The van der Waals surface area contributed by atoms with Crippen LogP contribution < -0.4 is 4.74 Å². The summed E-state index contributed by atoms with van der Waals surface area (Å²) in [4.78, 5) is 34.9. The molecule has 34 heavy (non-hydrogen) atoms. The molecule has 0 bridgehead atoms. The Morgan fingerprint density at radius 1 is 1.09 bits per heavy atom. The molecular weight excluding hydrogens is 436 g/mol. The molecule has 0 aromatic heterocycles. The molecule has 0 aliphatic rings. The third kappa shape index (κ3) is 12.0. The molecule has 1 aromatic rings. The Morgan fingerprint density at radius 2 is 1.76 bits per heavy atom. The van der Waals surface area contributed by atoms with E-state index in [1.807, 2.05) is 19.9 Å². The number of ether oxygens (including phenoxy) is 3. The summed E-state index contributed by atoms with van der Waals surface area (Å²) in [5.74, 6) is 0.330. The molecule has 0 saturated heterocycles. The van der Waals surface area contributed by atoms with Crippen molar-refractivity contribution in [1.29, 1.82) is 0 Å². The molecule has 0 aliphatic heterocycles. The smallest absolute Gasteiger partial charge is 0.330 e. The number of terminal acetylenes is 1. The summed E-state index contributed by atoms with van der Waals surface area (Å²) in [7, 11) is 0. The predicted octanol–water partition coefficient (Wildman–Crippen LogP) is 3.82. The highest BCUT2D eigenvalue weighted by Gasteiger charge is 2.20. The molecular formula is C26H28N2O6. The van der Waals surface area contributed by atoms with E-state index in [0.29, 0.717) is 11.3 Å². The monoisotopic (exact) mass is 464 g/mol. The molecule has 178 valence electrons. The molecule has 1 rings (SSSR count). The van der Waals surface area contributed by atoms with Crippen LogP contribution in [0.4, 0.5) is 0 Å². The molecule has 0 spiro atoms. The second-order valence-electron chi connectivity index (χ2n) is 7.19. The first-order valence-corrected chi connectivity index (χ1v) is 10.4. The average Bonchev–Trinajstić information content (AvgIpc) is 2.81. The molecule has 0 N–H and O–H groups in total. The van der Waals surface area contributed by atoms with Crippen molar-refractivity contribution in [2.45, 2.75) is 27.2 Å². The number of hydrogen-bond donors (Lipinski definition) is 0. The molecule has 0 fully saturated rings. The maximum Gasteiger partial charge on any atom is 0.330 e. The summed E-state index contributed by atoms with van der Waals surface area (Å²) in [5, 5.41) is 7.87. The minimum absolute atomic E-state index is 0.0892. The highest BCUT2D eigenvalue weighted by molar-refractivity contribution is 5.86. The highest BCUT2D eigenvalue weighted by Crippen LogP contribution is 2.15. The minimum Gasteiger partial charge on any atom is -0.462 e. The highest BCUT2D eigenvalue weighted by atomic mass is 16.6. The number of allylic oxidation sites excluding steroid dienone is 4. The summed E-state index contributed by atoms with van der Waals surface area (Å²) in [6, 6.07) is 6.60. The molecule has 0 radical (unpaired) electrons. The van der Waals surface area contributed by atoms with E-state index in [1.165, 1.54) is 12.4 Å². The van der Waals surface area contributed by atoms with Gasteiger partial charge in [-0.15, -0.1) is 6.42 Å². The summed E-state index contributed by atoms with van der Waals surface area (Å²) in [6.07, 6.45) is 12.9. The summed E-state index contributed by atoms with van der Waals surface area (Å²) in [6.45, 7) is 8.53. The first-order chi connectivity index (χ1) is 16.2. The number of hydrogen-bond acceptors (Lipinski definition) is 8. The predicted molar refractivity (Wildman–Crippen MR) is 130 cm³/mol. The van der Waals surface area contributed by atoms with Gasteiger partial charge in [-0.2, -0.15) is 10.2 Å². The Morgan fingerprint density at radius 3 is 2.38 bits per heavy atom. The number of carbonyl (C=O) groups excluding carboxylic acids is 3.